The van der Waals surface area contributed by atoms with Crippen LogP contribution in [0.3, 0.4) is 0 Å². The molecule has 0 saturated heterocycles. The zero-order valence-corrected chi connectivity index (χ0v) is 19.0. The van der Waals surface area contributed by atoms with E-state index in [1.165, 1.54) is 4.57 Å². The number of aryl methyl sites for hydroxylation is 1. The van der Waals surface area contributed by atoms with E-state index in [1.807, 2.05) is 63.2 Å². The average Bonchev–Trinajstić information content (AvgIpc) is 3.19. The summed E-state index contributed by atoms with van der Waals surface area (Å²) in [5.74, 6) is -0.173. The van der Waals surface area contributed by atoms with Crippen molar-refractivity contribution in [1.82, 2.24) is 18.7 Å². The monoisotopic (exact) mass is 445 g/mol. The van der Waals surface area contributed by atoms with E-state index in [-0.39, 0.29) is 19.0 Å². The lowest BCUT2D eigenvalue weighted by Crippen LogP contribution is -2.43. The number of amides is 1. The van der Waals surface area contributed by atoms with Crippen LogP contribution in [0.15, 0.2) is 70.5 Å². The molecule has 0 saturated carbocycles. The number of rotatable bonds is 7. The predicted molar refractivity (Wildman–Crippen MR) is 128 cm³/mol. The van der Waals surface area contributed by atoms with Crippen molar-refractivity contribution in [1.29, 1.82) is 0 Å². The van der Waals surface area contributed by atoms with Crippen molar-refractivity contribution < 1.29 is 4.79 Å². The van der Waals surface area contributed by atoms with Crippen LogP contribution in [0.2, 0.25) is 0 Å². The highest BCUT2D eigenvalue weighted by molar-refractivity contribution is 5.90. The first kappa shape index (κ1) is 22.3. The van der Waals surface area contributed by atoms with Crippen LogP contribution in [0.1, 0.15) is 25.0 Å². The molecule has 0 aliphatic heterocycles. The molecule has 1 N–H and O–H groups in total. The Morgan fingerprint density at radius 2 is 1.70 bits per heavy atom. The van der Waals surface area contributed by atoms with Gasteiger partial charge in [0.1, 0.15) is 6.54 Å². The van der Waals surface area contributed by atoms with Crippen molar-refractivity contribution in [2.45, 2.75) is 40.4 Å². The molecule has 1 amide bonds. The third kappa shape index (κ3) is 4.79. The lowest BCUT2D eigenvalue weighted by molar-refractivity contribution is -0.116. The van der Waals surface area contributed by atoms with Crippen LogP contribution in [0, 0.1) is 12.8 Å². The molecule has 33 heavy (non-hydrogen) atoms. The first-order valence-electron chi connectivity index (χ1n) is 10.9. The van der Waals surface area contributed by atoms with Gasteiger partial charge in [0, 0.05) is 12.2 Å². The first-order chi connectivity index (χ1) is 15.8. The van der Waals surface area contributed by atoms with Crippen LogP contribution in [0.5, 0.6) is 0 Å². The third-order valence-corrected chi connectivity index (χ3v) is 5.37. The second-order valence-corrected chi connectivity index (χ2v) is 8.62. The van der Waals surface area contributed by atoms with Crippen molar-refractivity contribution in [3.8, 4) is 0 Å². The molecule has 0 atom stereocenters. The maximum atomic E-state index is 13.4. The number of anilines is 1. The summed E-state index contributed by atoms with van der Waals surface area (Å²) in [6.07, 6.45) is 1.59. The summed E-state index contributed by atoms with van der Waals surface area (Å²) in [4.78, 5) is 43.9. The van der Waals surface area contributed by atoms with Crippen molar-refractivity contribution in [3.05, 3.63) is 92.9 Å². The van der Waals surface area contributed by atoms with Crippen LogP contribution in [0.25, 0.3) is 11.2 Å². The van der Waals surface area contributed by atoms with Gasteiger partial charge >= 0.3 is 5.69 Å². The van der Waals surface area contributed by atoms with E-state index in [0.29, 0.717) is 23.4 Å². The van der Waals surface area contributed by atoms with Crippen LogP contribution in [0.4, 0.5) is 5.69 Å². The second-order valence-electron chi connectivity index (χ2n) is 8.62. The molecule has 2 heterocycles. The quantitative estimate of drug-likeness (QED) is 0.473. The lowest BCUT2D eigenvalue weighted by Gasteiger charge is -2.13. The molecule has 0 unspecified atom stereocenters. The molecular formula is C25H27N5O3. The van der Waals surface area contributed by atoms with Crippen molar-refractivity contribution in [2.24, 2.45) is 5.92 Å². The summed E-state index contributed by atoms with van der Waals surface area (Å²) < 4.78 is 4.22. The lowest BCUT2D eigenvalue weighted by atomic mass is 10.2. The molecule has 0 aliphatic rings. The Morgan fingerprint density at radius 3 is 2.36 bits per heavy atom. The number of hydrogen-bond acceptors (Lipinski definition) is 4. The molecule has 0 fully saturated rings. The Labute approximate surface area is 191 Å². The van der Waals surface area contributed by atoms with Crippen molar-refractivity contribution in [3.63, 3.8) is 0 Å². The summed E-state index contributed by atoms with van der Waals surface area (Å²) >= 11 is 0. The van der Waals surface area contributed by atoms with E-state index >= 15 is 0 Å². The van der Waals surface area contributed by atoms with E-state index in [1.54, 1.807) is 23.0 Å². The largest absolute Gasteiger partial charge is 0.333 e. The minimum absolute atomic E-state index is 0.245. The molecular weight excluding hydrogens is 418 g/mol. The number of fused-ring (bicyclic) bond motifs is 1. The van der Waals surface area contributed by atoms with Gasteiger partial charge in [-0.05, 0) is 30.5 Å². The van der Waals surface area contributed by atoms with Crippen LogP contribution in [-0.4, -0.2) is 24.6 Å². The highest BCUT2D eigenvalue weighted by Gasteiger charge is 2.20. The minimum Gasteiger partial charge on any atom is -0.325 e. The number of nitrogens with one attached hydrogen (secondary N) is 1. The fourth-order valence-corrected chi connectivity index (χ4v) is 3.80. The van der Waals surface area contributed by atoms with Crippen LogP contribution >= 0.6 is 0 Å². The Hall–Kier alpha value is -3.94. The number of hydrogen-bond donors (Lipinski definition) is 1. The molecule has 0 radical (unpaired) electrons. The zero-order valence-electron chi connectivity index (χ0n) is 19.0. The molecule has 0 aliphatic carbocycles. The highest BCUT2D eigenvalue weighted by atomic mass is 16.2. The predicted octanol–water partition coefficient (Wildman–Crippen LogP) is 3.01. The van der Waals surface area contributed by atoms with Gasteiger partial charge < -0.3 is 9.88 Å². The summed E-state index contributed by atoms with van der Waals surface area (Å²) in [5.41, 5.74) is 2.13. The van der Waals surface area contributed by atoms with Gasteiger partial charge in [0.25, 0.3) is 5.56 Å². The summed E-state index contributed by atoms with van der Waals surface area (Å²) in [7, 11) is 0. The Balaban J connectivity index is 1.78. The second kappa shape index (κ2) is 9.28. The fourth-order valence-electron chi connectivity index (χ4n) is 3.80. The van der Waals surface area contributed by atoms with Gasteiger partial charge in [-0.15, -0.1) is 0 Å². The number of imidazole rings is 1. The molecule has 8 nitrogen and oxygen atoms in total. The van der Waals surface area contributed by atoms with Gasteiger partial charge in [-0.1, -0.05) is 61.9 Å². The van der Waals surface area contributed by atoms with E-state index < -0.39 is 17.2 Å². The number of carbonyl (C=O) groups is 1. The molecule has 2 aromatic heterocycles. The standard InChI is InChI=1S/C25H27N5O3/c1-17(2)13-28-16-26-23-22(28)24(32)30(15-21(31)27-20-11-9-18(3)10-12-20)25(33)29(23)14-19-7-5-4-6-8-19/h4-12,16-17H,13-15H2,1-3H3,(H,27,31). The Morgan fingerprint density at radius 1 is 1.00 bits per heavy atom. The zero-order chi connectivity index (χ0) is 23.5. The maximum Gasteiger partial charge on any atom is 0.333 e. The van der Waals surface area contributed by atoms with Crippen LogP contribution < -0.4 is 16.6 Å². The minimum atomic E-state index is -0.565. The Kier molecular flexibility index (Phi) is 6.26. The molecule has 0 bridgehead atoms. The fraction of sp³-hybridized carbons (Fsp3) is 0.280. The third-order valence-electron chi connectivity index (χ3n) is 5.37. The normalized spacial score (nSPS) is 11.3. The van der Waals surface area contributed by atoms with Crippen molar-refractivity contribution in [2.75, 3.05) is 5.32 Å². The number of carbonyl (C=O) groups excluding carboxylic acids is 1. The van der Waals surface area contributed by atoms with E-state index in [0.717, 1.165) is 15.7 Å². The topological polar surface area (TPSA) is 90.9 Å². The first-order valence-corrected chi connectivity index (χ1v) is 10.9. The molecule has 0 spiro atoms. The van der Waals surface area contributed by atoms with Crippen molar-refractivity contribution >= 4 is 22.8 Å². The number of nitrogens with zero attached hydrogens (tertiary/aromatic N) is 4. The average molecular weight is 446 g/mol. The van der Waals surface area contributed by atoms with Gasteiger partial charge in [-0.25, -0.2) is 14.3 Å². The van der Waals surface area contributed by atoms with Gasteiger partial charge in [-0.2, -0.15) is 0 Å². The SMILES string of the molecule is Cc1ccc(NC(=O)Cn2c(=O)c3c(ncn3CC(C)C)n(Cc3ccccc3)c2=O)cc1. The molecule has 8 heteroatoms. The van der Waals surface area contributed by atoms with Crippen LogP contribution in [-0.2, 0) is 24.4 Å². The maximum absolute atomic E-state index is 13.4. The molecule has 170 valence electrons. The van der Waals surface area contributed by atoms with E-state index in [9.17, 15) is 14.4 Å². The van der Waals surface area contributed by atoms with E-state index in [2.05, 4.69) is 10.3 Å². The van der Waals surface area contributed by atoms with Gasteiger partial charge in [0.15, 0.2) is 11.2 Å². The molecule has 4 rings (SSSR count). The summed E-state index contributed by atoms with van der Waals surface area (Å²) in [6, 6.07) is 16.8. The Bertz CT molecular complexity index is 1400. The number of aromatic nitrogens is 4. The number of benzene rings is 2. The van der Waals surface area contributed by atoms with E-state index in [4.69, 9.17) is 0 Å². The molecule has 4 aromatic rings. The van der Waals surface area contributed by atoms with Gasteiger partial charge in [-0.3, -0.25) is 14.2 Å². The summed E-state index contributed by atoms with van der Waals surface area (Å²) in [5, 5.41) is 2.76. The summed E-state index contributed by atoms with van der Waals surface area (Å²) in [6.45, 7) is 6.47. The van der Waals surface area contributed by atoms with Gasteiger partial charge in [0.2, 0.25) is 5.91 Å². The smallest absolute Gasteiger partial charge is 0.325 e. The highest BCUT2D eigenvalue weighted by Crippen LogP contribution is 2.12. The van der Waals surface area contributed by atoms with Gasteiger partial charge in [0.05, 0.1) is 12.9 Å². The molecule has 2 aromatic carbocycles.